The van der Waals surface area contributed by atoms with E-state index in [1.165, 1.54) is 0 Å². The van der Waals surface area contributed by atoms with Crippen LogP contribution in [0.25, 0.3) is 16.9 Å². The molecule has 1 unspecified atom stereocenters. The van der Waals surface area contributed by atoms with Crippen LogP contribution in [-0.4, -0.2) is 68.1 Å². The van der Waals surface area contributed by atoms with Gasteiger partial charge < -0.3 is 14.6 Å². The summed E-state index contributed by atoms with van der Waals surface area (Å²) in [6.45, 7) is 2.91. The first-order chi connectivity index (χ1) is 14.4. The first kappa shape index (κ1) is 19.0. The third kappa shape index (κ3) is 2.78. The van der Waals surface area contributed by atoms with E-state index >= 15 is 4.39 Å². The number of piperidine rings is 1. The third-order valence-corrected chi connectivity index (χ3v) is 6.95. The van der Waals surface area contributed by atoms with Crippen molar-refractivity contribution in [1.29, 1.82) is 0 Å². The molecule has 156 valence electrons. The largest absolute Gasteiger partial charge is 0.507 e. The number of phenolic OH excluding ortho intramolecular Hbond substituents is 1. The van der Waals surface area contributed by atoms with Gasteiger partial charge in [-0.15, -0.1) is 10.2 Å². The summed E-state index contributed by atoms with van der Waals surface area (Å²) in [6, 6.07) is 8.82. The lowest BCUT2D eigenvalue weighted by Crippen LogP contribution is -2.57. The van der Waals surface area contributed by atoms with Crippen molar-refractivity contribution in [2.24, 2.45) is 5.92 Å². The Kier molecular flexibility index (Phi) is 4.28. The van der Waals surface area contributed by atoms with E-state index in [0.717, 1.165) is 18.7 Å². The van der Waals surface area contributed by atoms with Gasteiger partial charge in [0.05, 0.1) is 29.3 Å². The van der Waals surface area contributed by atoms with E-state index in [1.807, 2.05) is 60.9 Å². The highest BCUT2D eigenvalue weighted by molar-refractivity contribution is 5.69. The molecule has 2 aliphatic rings. The number of likely N-dealkylation sites (tertiary alicyclic amines) is 1. The molecule has 3 heterocycles. The standard InChI is InChI=1S/C22H25FN6O/c1-22-11-14(12-27(22)2)20(21(22)23)28(3)19-7-6-17(25-26-19)16-5-4-15(10-18(16)30)29-9-8-24-13-29/h4-10,13-14,20-21,30H,11-12H2,1-3H3/t14?,20-,21-,22-/m0/s1. The Morgan fingerprint density at radius 1 is 1.23 bits per heavy atom. The van der Waals surface area contributed by atoms with Gasteiger partial charge in [0.1, 0.15) is 11.9 Å². The lowest BCUT2D eigenvalue weighted by molar-refractivity contribution is 0.0572. The topological polar surface area (TPSA) is 70.3 Å². The summed E-state index contributed by atoms with van der Waals surface area (Å²) >= 11 is 0. The lowest BCUT2D eigenvalue weighted by Gasteiger charge is -2.42. The van der Waals surface area contributed by atoms with Gasteiger partial charge in [0, 0.05) is 37.6 Å². The Morgan fingerprint density at radius 3 is 2.67 bits per heavy atom. The van der Waals surface area contributed by atoms with Gasteiger partial charge in [-0.3, -0.25) is 4.90 Å². The Labute approximate surface area is 174 Å². The molecule has 1 aliphatic heterocycles. The second-order valence-corrected chi connectivity index (χ2v) is 8.65. The molecule has 0 radical (unpaired) electrons. The number of fused-ring (bicyclic) bond motifs is 2. The smallest absolute Gasteiger partial charge is 0.151 e. The van der Waals surface area contributed by atoms with Gasteiger partial charge in [-0.1, -0.05) is 0 Å². The molecule has 1 aromatic carbocycles. The van der Waals surface area contributed by atoms with Crippen molar-refractivity contribution < 1.29 is 9.50 Å². The predicted molar refractivity (Wildman–Crippen MR) is 112 cm³/mol. The minimum absolute atomic E-state index is 0.115. The van der Waals surface area contributed by atoms with Gasteiger partial charge in [0.2, 0.25) is 0 Å². The van der Waals surface area contributed by atoms with Crippen LogP contribution >= 0.6 is 0 Å². The molecule has 0 spiro atoms. The molecule has 1 N–H and O–H groups in total. The molecule has 1 saturated carbocycles. The predicted octanol–water partition coefficient (Wildman–Crippen LogP) is 2.90. The summed E-state index contributed by atoms with van der Waals surface area (Å²) in [6.07, 6.45) is 5.09. The van der Waals surface area contributed by atoms with Crippen molar-refractivity contribution in [1.82, 2.24) is 24.6 Å². The summed E-state index contributed by atoms with van der Waals surface area (Å²) in [7, 11) is 3.89. The molecule has 1 aliphatic carbocycles. The molecule has 5 rings (SSSR count). The summed E-state index contributed by atoms with van der Waals surface area (Å²) < 4.78 is 17.0. The molecular weight excluding hydrogens is 383 g/mol. The normalized spacial score (nSPS) is 28.2. The monoisotopic (exact) mass is 408 g/mol. The average molecular weight is 408 g/mol. The second kappa shape index (κ2) is 6.77. The fraction of sp³-hybridized carbons (Fsp3) is 0.409. The number of anilines is 1. The minimum Gasteiger partial charge on any atom is -0.507 e. The van der Waals surface area contributed by atoms with E-state index in [4.69, 9.17) is 0 Å². The summed E-state index contributed by atoms with van der Waals surface area (Å²) in [5.74, 6) is 1.03. The zero-order valence-corrected chi connectivity index (χ0v) is 17.3. The summed E-state index contributed by atoms with van der Waals surface area (Å²) in [5.41, 5.74) is 1.57. The molecule has 8 heteroatoms. The Balaban J connectivity index is 1.37. The molecule has 0 amide bonds. The van der Waals surface area contributed by atoms with E-state index in [2.05, 4.69) is 20.1 Å². The van der Waals surface area contributed by atoms with Crippen molar-refractivity contribution in [2.75, 3.05) is 25.5 Å². The van der Waals surface area contributed by atoms with Crippen molar-refractivity contribution >= 4 is 5.82 Å². The molecule has 7 nitrogen and oxygen atoms in total. The summed E-state index contributed by atoms with van der Waals surface area (Å²) in [5, 5.41) is 19.1. The van der Waals surface area contributed by atoms with Crippen LogP contribution in [0.2, 0.25) is 0 Å². The van der Waals surface area contributed by atoms with E-state index in [1.54, 1.807) is 18.6 Å². The second-order valence-electron chi connectivity index (χ2n) is 8.65. The Morgan fingerprint density at radius 2 is 2.07 bits per heavy atom. The van der Waals surface area contributed by atoms with Crippen molar-refractivity contribution in [2.45, 2.75) is 31.1 Å². The highest BCUT2D eigenvalue weighted by atomic mass is 19.1. The van der Waals surface area contributed by atoms with Crippen LogP contribution in [0.1, 0.15) is 13.3 Å². The fourth-order valence-electron chi connectivity index (χ4n) is 5.10. The van der Waals surface area contributed by atoms with E-state index in [0.29, 0.717) is 17.1 Å². The van der Waals surface area contributed by atoms with Crippen molar-refractivity contribution in [3.8, 4) is 22.7 Å². The fourth-order valence-corrected chi connectivity index (χ4v) is 5.10. The maximum Gasteiger partial charge on any atom is 0.151 e. The number of hydrogen-bond donors (Lipinski definition) is 1. The van der Waals surface area contributed by atoms with E-state index in [9.17, 15) is 5.11 Å². The zero-order valence-electron chi connectivity index (χ0n) is 17.3. The van der Waals surface area contributed by atoms with Gasteiger partial charge in [-0.05, 0) is 50.6 Å². The van der Waals surface area contributed by atoms with Gasteiger partial charge in [-0.25, -0.2) is 9.37 Å². The SMILES string of the molecule is CN(c1ccc(-c2ccc(-n3ccnc3)cc2O)nn1)[C@H]1C2CN(C)[C@@](C)(C2)[C@H]1F. The molecule has 3 aromatic rings. The molecular formula is C22H25FN6O. The number of halogens is 1. The molecule has 4 atom stereocenters. The van der Waals surface area contributed by atoms with E-state index in [-0.39, 0.29) is 17.7 Å². The number of phenols is 1. The van der Waals surface area contributed by atoms with Crippen LogP contribution in [0.5, 0.6) is 5.75 Å². The average Bonchev–Trinajstić information content (AvgIpc) is 3.42. The van der Waals surface area contributed by atoms with Crippen LogP contribution in [0.3, 0.4) is 0 Å². The van der Waals surface area contributed by atoms with E-state index < -0.39 is 11.7 Å². The zero-order chi connectivity index (χ0) is 21.0. The van der Waals surface area contributed by atoms with Gasteiger partial charge >= 0.3 is 0 Å². The Bertz CT molecular complexity index is 1060. The molecule has 2 fully saturated rings. The van der Waals surface area contributed by atoms with Crippen LogP contribution < -0.4 is 4.90 Å². The van der Waals surface area contributed by atoms with Crippen molar-refractivity contribution in [3.63, 3.8) is 0 Å². The number of benzene rings is 1. The maximum atomic E-state index is 15.2. The van der Waals surface area contributed by atoms with Gasteiger partial charge in [-0.2, -0.15) is 0 Å². The number of nitrogens with zero attached hydrogens (tertiary/aromatic N) is 6. The minimum atomic E-state index is -0.938. The Hall–Kier alpha value is -3.00. The number of aromatic hydroxyl groups is 1. The maximum absolute atomic E-state index is 15.2. The molecule has 2 bridgehead atoms. The molecule has 2 aromatic heterocycles. The third-order valence-electron chi connectivity index (χ3n) is 6.95. The van der Waals surface area contributed by atoms with Gasteiger partial charge in [0.15, 0.2) is 5.82 Å². The number of rotatable bonds is 4. The van der Waals surface area contributed by atoms with Gasteiger partial charge in [0.25, 0.3) is 0 Å². The van der Waals surface area contributed by atoms with Crippen LogP contribution in [0.4, 0.5) is 10.2 Å². The lowest BCUT2D eigenvalue weighted by atomic mass is 9.95. The highest BCUT2D eigenvalue weighted by Crippen LogP contribution is 2.49. The molecule has 30 heavy (non-hydrogen) atoms. The van der Waals surface area contributed by atoms with Crippen molar-refractivity contribution in [3.05, 3.63) is 49.1 Å². The first-order valence-electron chi connectivity index (χ1n) is 10.1. The number of hydrogen-bond acceptors (Lipinski definition) is 6. The quantitative estimate of drug-likeness (QED) is 0.716. The highest BCUT2D eigenvalue weighted by Gasteiger charge is 2.60. The number of alkyl halides is 1. The number of aromatic nitrogens is 4. The molecule has 1 saturated heterocycles. The van der Waals surface area contributed by atoms with Crippen LogP contribution in [0.15, 0.2) is 49.1 Å². The number of imidazole rings is 1. The van der Waals surface area contributed by atoms with Crippen LogP contribution in [0, 0.1) is 5.92 Å². The van der Waals surface area contributed by atoms with Crippen LogP contribution in [-0.2, 0) is 0 Å². The first-order valence-corrected chi connectivity index (χ1v) is 10.1. The summed E-state index contributed by atoms with van der Waals surface area (Å²) in [4.78, 5) is 8.08.